The zero-order valence-corrected chi connectivity index (χ0v) is 8.29. The molecule has 0 bridgehead atoms. The number of Topliss-reactive ketones (excluding diaryl/α,β-unsaturated/α-hetero) is 1. The number of hydrogen-bond acceptors (Lipinski definition) is 3. The second-order valence-electron chi connectivity index (χ2n) is 3.87. The Bertz CT molecular complexity index is 162. The van der Waals surface area contributed by atoms with Crippen LogP contribution in [0.4, 0.5) is 0 Å². The van der Waals surface area contributed by atoms with Gasteiger partial charge in [0, 0.05) is 31.6 Å². The van der Waals surface area contributed by atoms with Crippen molar-refractivity contribution >= 4 is 5.78 Å². The molecule has 0 saturated carbocycles. The second kappa shape index (κ2) is 5.35. The number of carbonyl (C=O) groups excluding carboxylic acids is 1. The number of nitrogens with two attached hydrogens (primary N) is 1. The molecule has 3 heteroatoms. The van der Waals surface area contributed by atoms with Gasteiger partial charge in [-0.25, -0.2) is 0 Å². The predicted molar refractivity (Wildman–Crippen MR) is 51.4 cm³/mol. The lowest BCUT2D eigenvalue weighted by atomic mass is 9.92. The maximum absolute atomic E-state index is 11.6. The highest BCUT2D eigenvalue weighted by molar-refractivity contribution is 5.81. The molecule has 0 spiro atoms. The van der Waals surface area contributed by atoms with E-state index in [1.165, 1.54) is 0 Å². The Balaban J connectivity index is 2.21. The number of rotatable bonds is 4. The Morgan fingerprint density at radius 2 is 2.15 bits per heavy atom. The molecule has 1 aliphatic rings. The van der Waals surface area contributed by atoms with E-state index in [1.54, 1.807) is 0 Å². The minimum Gasteiger partial charge on any atom is -0.381 e. The van der Waals surface area contributed by atoms with Crippen molar-refractivity contribution in [2.75, 3.05) is 13.2 Å². The third-order valence-electron chi connectivity index (χ3n) is 2.52. The van der Waals surface area contributed by atoms with Crippen LogP contribution in [0.2, 0.25) is 0 Å². The Kier molecular flexibility index (Phi) is 4.39. The van der Waals surface area contributed by atoms with Gasteiger partial charge in [-0.3, -0.25) is 4.79 Å². The highest BCUT2D eigenvalue weighted by Crippen LogP contribution is 2.17. The molecule has 2 N–H and O–H groups in total. The minimum absolute atomic E-state index is 0.142. The van der Waals surface area contributed by atoms with E-state index in [0.717, 1.165) is 32.5 Å². The fourth-order valence-corrected chi connectivity index (χ4v) is 1.59. The van der Waals surface area contributed by atoms with E-state index in [-0.39, 0.29) is 12.0 Å². The number of hydrogen-bond donors (Lipinski definition) is 1. The number of carbonyl (C=O) groups is 1. The van der Waals surface area contributed by atoms with Crippen LogP contribution in [-0.2, 0) is 9.53 Å². The zero-order chi connectivity index (χ0) is 9.68. The first-order chi connectivity index (χ1) is 6.20. The highest BCUT2D eigenvalue weighted by atomic mass is 16.5. The van der Waals surface area contributed by atoms with Crippen molar-refractivity contribution in [3.8, 4) is 0 Å². The largest absolute Gasteiger partial charge is 0.381 e. The van der Waals surface area contributed by atoms with Crippen molar-refractivity contribution < 1.29 is 9.53 Å². The van der Waals surface area contributed by atoms with Crippen molar-refractivity contribution in [1.82, 2.24) is 0 Å². The fraction of sp³-hybridized carbons (Fsp3) is 0.900. The van der Waals surface area contributed by atoms with Crippen LogP contribution in [-0.4, -0.2) is 25.0 Å². The van der Waals surface area contributed by atoms with Crippen molar-refractivity contribution in [2.45, 2.75) is 38.6 Å². The zero-order valence-electron chi connectivity index (χ0n) is 8.29. The fourth-order valence-electron chi connectivity index (χ4n) is 1.59. The summed E-state index contributed by atoms with van der Waals surface area (Å²) in [7, 11) is 0. The molecule has 1 rings (SSSR count). The predicted octanol–water partition coefficient (Wildman–Crippen LogP) is 1.11. The molecule has 76 valence electrons. The van der Waals surface area contributed by atoms with Gasteiger partial charge in [-0.15, -0.1) is 0 Å². The summed E-state index contributed by atoms with van der Waals surface area (Å²) in [6, 6.07) is 0.142. The van der Waals surface area contributed by atoms with Gasteiger partial charge in [0.2, 0.25) is 0 Å². The van der Waals surface area contributed by atoms with Crippen LogP contribution < -0.4 is 5.73 Å². The molecule has 0 aromatic carbocycles. The molecule has 1 aliphatic heterocycles. The summed E-state index contributed by atoms with van der Waals surface area (Å²) >= 11 is 0. The summed E-state index contributed by atoms with van der Waals surface area (Å²) in [4.78, 5) is 11.6. The van der Waals surface area contributed by atoms with Crippen LogP contribution in [0.25, 0.3) is 0 Å². The molecule has 1 saturated heterocycles. The van der Waals surface area contributed by atoms with E-state index >= 15 is 0 Å². The molecule has 1 heterocycles. The minimum atomic E-state index is 0.142. The van der Waals surface area contributed by atoms with E-state index < -0.39 is 0 Å². The Morgan fingerprint density at radius 1 is 1.54 bits per heavy atom. The first kappa shape index (κ1) is 10.7. The molecule has 3 nitrogen and oxygen atoms in total. The first-order valence-electron chi connectivity index (χ1n) is 5.06. The molecule has 13 heavy (non-hydrogen) atoms. The van der Waals surface area contributed by atoms with Crippen molar-refractivity contribution in [1.29, 1.82) is 0 Å². The number of ether oxygens (including phenoxy) is 1. The van der Waals surface area contributed by atoms with E-state index in [9.17, 15) is 4.79 Å². The van der Waals surface area contributed by atoms with Gasteiger partial charge >= 0.3 is 0 Å². The van der Waals surface area contributed by atoms with Crippen LogP contribution in [0.15, 0.2) is 0 Å². The third kappa shape index (κ3) is 3.87. The smallest absolute Gasteiger partial charge is 0.136 e. The third-order valence-corrected chi connectivity index (χ3v) is 2.52. The summed E-state index contributed by atoms with van der Waals surface area (Å²) in [6.07, 6.45) is 3.26. The van der Waals surface area contributed by atoms with Crippen LogP contribution in [0.5, 0.6) is 0 Å². The molecule has 0 aromatic heterocycles. The van der Waals surface area contributed by atoms with Gasteiger partial charge in [0.1, 0.15) is 5.78 Å². The van der Waals surface area contributed by atoms with E-state index in [0.29, 0.717) is 12.2 Å². The average Bonchev–Trinajstić information content (AvgIpc) is 2.15. The van der Waals surface area contributed by atoms with E-state index in [4.69, 9.17) is 10.5 Å². The Labute approximate surface area is 79.6 Å². The lowest BCUT2D eigenvalue weighted by molar-refractivity contribution is -0.125. The van der Waals surface area contributed by atoms with Gasteiger partial charge < -0.3 is 10.5 Å². The van der Waals surface area contributed by atoms with Crippen molar-refractivity contribution in [2.24, 2.45) is 11.7 Å². The molecule has 1 atom stereocenters. The maximum Gasteiger partial charge on any atom is 0.136 e. The summed E-state index contributed by atoms with van der Waals surface area (Å²) in [6.45, 7) is 3.43. The van der Waals surface area contributed by atoms with Crippen molar-refractivity contribution in [3.05, 3.63) is 0 Å². The lowest BCUT2D eigenvalue weighted by Gasteiger charge is -2.20. The van der Waals surface area contributed by atoms with Crippen LogP contribution in [0.1, 0.15) is 32.6 Å². The Hall–Kier alpha value is -0.410. The summed E-state index contributed by atoms with van der Waals surface area (Å²) in [5, 5.41) is 0. The molecule has 0 radical (unpaired) electrons. The summed E-state index contributed by atoms with van der Waals surface area (Å²) in [5.74, 6) is 0.619. The monoisotopic (exact) mass is 185 g/mol. The van der Waals surface area contributed by atoms with E-state index in [1.807, 2.05) is 6.92 Å². The standard InChI is InChI=1S/C10H19NO2/c1-8(11)2-3-10(12)9-4-6-13-7-5-9/h8-9H,2-7,11H2,1H3. The maximum atomic E-state index is 11.6. The molecular weight excluding hydrogens is 166 g/mol. The molecular formula is C10H19NO2. The van der Waals surface area contributed by atoms with Crippen LogP contribution in [0.3, 0.4) is 0 Å². The molecule has 0 aromatic rings. The van der Waals surface area contributed by atoms with Gasteiger partial charge in [-0.1, -0.05) is 0 Å². The second-order valence-corrected chi connectivity index (χ2v) is 3.87. The molecule has 0 amide bonds. The highest BCUT2D eigenvalue weighted by Gasteiger charge is 2.20. The van der Waals surface area contributed by atoms with Crippen LogP contribution >= 0.6 is 0 Å². The van der Waals surface area contributed by atoms with E-state index in [2.05, 4.69) is 0 Å². The molecule has 0 aliphatic carbocycles. The van der Waals surface area contributed by atoms with Crippen molar-refractivity contribution in [3.63, 3.8) is 0 Å². The van der Waals surface area contributed by atoms with Gasteiger partial charge in [-0.05, 0) is 26.2 Å². The lowest BCUT2D eigenvalue weighted by Crippen LogP contribution is -2.25. The quantitative estimate of drug-likeness (QED) is 0.713. The first-order valence-corrected chi connectivity index (χ1v) is 5.06. The normalized spacial score (nSPS) is 21.4. The van der Waals surface area contributed by atoms with Gasteiger partial charge in [0.15, 0.2) is 0 Å². The van der Waals surface area contributed by atoms with Crippen LogP contribution in [0, 0.1) is 5.92 Å². The molecule has 1 unspecified atom stereocenters. The van der Waals surface area contributed by atoms with Gasteiger partial charge in [0.05, 0.1) is 0 Å². The summed E-state index contributed by atoms with van der Waals surface area (Å²) < 4.78 is 5.20. The van der Waals surface area contributed by atoms with Gasteiger partial charge in [-0.2, -0.15) is 0 Å². The Morgan fingerprint density at radius 3 is 2.69 bits per heavy atom. The summed E-state index contributed by atoms with van der Waals surface area (Å²) in [5.41, 5.74) is 5.59. The average molecular weight is 185 g/mol. The topological polar surface area (TPSA) is 52.3 Å². The van der Waals surface area contributed by atoms with Gasteiger partial charge in [0.25, 0.3) is 0 Å². The number of ketones is 1. The SMILES string of the molecule is CC(N)CCC(=O)C1CCOCC1. The molecule has 1 fully saturated rings.